The predicted octanol–water partition coefficient (Wildman–Crippen LogP) is 0.765. The highest BCUT2D eigenvalue weighted by atomic mass is 19.1. The number of hydrogen-bond acceptors (Lipinski definition) is 4. The number of amidine groups is 1. The van der Waals surface area contributed by atoms with Gasteiger partial charge in [0.25, 0.3) is 0 Å². The molecule has 0 saturated carbocycles. The van der Waals surface area contributed by atoms with E-state index in [1.54, 1.807) is 24.3 Å². The monoisotopic (exact) mass is 241 g/mol. The van der Waals surface area contributed by atoms with Gasteiger partial charge < -0.3 is 21.4 Å². The number of methoxy groups -OCH3 is 1. The molecule has 0 saturated heterocycles. The SMILES string of the molecule is COC(c1ccc(/C(N)=N/O)cc1)C(N)CF. The number of hydrogen-bond donors (Lipinski definition) is 3. The molecule has 1 rings (SSSR count). The maximum atomic E-state index is 12.5. The zero-order chi connectivity index (χ0) is 12.8. The molecule has 1 aromatic rings. The lowest BCUT2D eigenvalue weighted by atomic mass is 10.0. The number of oxime groups is 1. The lowest BCUT2D eigenvalue weighted by molar-refractivity contribution is 0.0721. The van der Waals surface area contributed by atoms with Gasteiger partial charge in [-0.15, -0.1) is 0 Å². The van der Waals surface area contributed by atoms with Crippen molar-refractivity contribution in [1.29, 1.82) is 0 Å². The van der Waals surface area contributed by atoms with Gasteiger partial charge in [-0.25, -0.2) is 4.39 Å². The van der Waals surface area contributed by atoms with Crippen molar-refractivity contribution < 1.29 is 14.3 Å². The van der Waals surface area contributed by atoms with Crippen LogP contribution in [0.3, 0.4) is 0 Å². The van der Waals surface area contributed by atoms with Gasteiger partial charge in [-0.05, 0) is 5.56 Å². The lowest BCUT2D eigenvalue weighted by Gasteiger charge is -2.20. The van der Waals surface area contributed by atoms with Crippen LogP contribution in [0.4, 0.5) is 4.39 Å². The summed E-state index contributed by atoms with van der Waals surface area (Å²) >= 11 is 0. The second kappa shape index (κ2) is 6.17. The van der Waals surface area contributed by atoms with Crippen molar-refractivity contribution >= 4 is 5.84 Å². The summed E-state index contributed by atoms with van der Waals surface area (Å²) in [5.41, 5.74) is 12.3. The van der Waals surface area contributed by atoms with E-state index in [0.29, 0.717) is 5.56 Å². The first-order valence-corrected chi connectivity index (χ1v) is 5.06. The van der Waals surface area contributed by atoms with E-state index >= 15 is 0 Å². The van der Waals surface area contributed by atoms with Gasteiger partial charge in [0.05, 0.1) is 12.1 Å². The van der Waals surface area contributed by atoms with E-state index in [0.717, 1.165) is 5.56 Å². The predicted molar refractivity (Wildman–Crippen MR) is 62.7 cm³/mol. The van der Waals surface area contributed by atoms with Crippen LogP contribution < -0.4 is 11.5 Å². The quantitative estimate of drug-likeness (QED) is 0.307. The fraction of sp³-hybridized carbons (Fsp3) is 0.364. The van der Waals surface area contributed by atoms with Gasteiger partial charge in [-0.2, -0.15) is 0 Å². The number of nitrogens with two attached hydrogens (primary N) is 2. The molecule has 0 radical (unpaired) electrons. The van der Waals surface area contributed by atoms with Crippen molar-refractivity contribution in [3.63, 3.8) is 0 Å². The molecule has 94 valence electrons. The smallest absolute Gasteiger partial charge is 0.170 e. The highest BCUT2D eigenvalue weighted by molar-refractivity contribution is 5.96. The Morgan fingerprint density at radius 1 is 1.47 bits per heavy atom. The fourth-order valence-corrected chi connectivity index (χ4v) is 1.54. The van der Waals surface area contributed by atoms with Crippen molar-refractivity contribution in [3.05, 3.63) is 35.4 Å². The Hall–Kier alpha value is -1.66. The Labute approximate surface area is 98.9 Å². The minimum Gasteiger partial charge on any atom is -0.409 e. The van der Waals surface area contributed by atoms with Crippen LogP contribution in [0.1, 0.15) is 17.2 Å². The minimum absolute atomic E-state index is 0.0142. The van der Waals surface area contributed by atoms with Gasteiger partial charge in [-0.1, -0.05) is 29.4 Å². The summed E-state index contributed by atoms with van der Waals surface area (Å²) < 4.78 is 17.6. The van der Waals surface area contributed by atoms with E-state index in [1.807, 2.05) is 0 Å². The normalized spacial score (nSPS) is 15.6. The standard InChI is InChI=1S/C11H16FN3O2/c1-17-10(9(13)6-12)7-2-4-8(5-3-7)11(14)15-16/h2-5,9-10,16H,6,13H2,1H3,(H2,14,15). The Kier molecular flexibility index (Phi) is 4.86. The highest BCUT2D eigenvalue weighted by Crippen LogP contribution is 2.20. The second-order valence-corrected chi connectivity index (χ2v) is 3.58. The number of rotatable bonds is 5. The molecule has 0 aliphatic rings. The van der Waals surface area contributed by atoms with Crippen LogP contribution in [-0.4, -0.2) is 30.9 Å². The van der Waals surface area contributed by atoms with Crippen LogP contribution in [0.2, 0.25) is 0 Å². The molecule has 2 unspecified atom stereocenters. The van der Waals surface area contributed by atoms with Crippen LogP contribution in [0, 0.1) is 0 Å². The van der Waals surface area contributed by atoms with E-state index in [2.05, 4.69) is 5.16 Å². The Morgan fingerprint density at radius 2 is 2.06 bits per heavy atom. The van der Waals surface area contributed by atoms with Crippen LogP contribution in [0.15, 0.2) is 29.4 Å². The molecule has 0 aliphatic heterocycles. The number of nitrogens with zero attached hydrogens (tertiary/aromatic N) is 1. The molecule has 0 aromatic heterocycles. The maximum Gasteiger partial charge on any atom is 0.170 e. The molecule has 5 nitrogen and oxygen atoms in total. The summed E-state index contributed by atoms with van der Waals surface area (Å²) in [6, 6.07) is 6.01. The van der Waals surface area contributed by atoms with Gasteiger partial charge in [0, 0.05) is 12.7 Å². The molecule has 2 atom stereocenters. The molecular formula is C11H16FN3O2. The fourth-order valence-electron chi connectivity index (χ4n) is 1.54. The zero-order valence-corrected chi connectivity index (χ0v) is 9.51. The molecule has 0 amide bonds. The van der Waals surface area contributed by atoms with E-state index in [9.17, 15) is 4.39 Å². The Morgan fingerprint density at radius 3 is 2.47 bits per heavy atom. The molecule has 17 heavy (non-hydrogen) atoms. The van der Waals surface area contributed by atoms with Gasteiger partial charge in [-0.3, -0.25) is 0 Å². The molecule has 6 heteroatoms. The Bertz CT molecular complexity index is 381. The Balaban J connectivity index is 2.92. The van der Waals surface area contributed by atoms with Crippen molar-refractivity contribution in [2.24, 2.45) is 16.6 Å². The van der Waals surface area contributed by atoms with Crippen LogP contribution in [0.5, 0.6) is 0 Å². The summed E-state index contributed by atoms with van der Waals surface area (Å²) in [7, 11) is 1.47. The minimum atomic E-state index is -0.713. The first-order valence-electron chi connectivity index (χ1n) is 5.06. The number of halogens is 1. The lowest BCUT2D eigenvalue weighted by Crippen LogP contribution is -2.31. The number of benzene rings is 1. The first kappa shape index (κ1) is 13.4. The third kappa shape index (κ3) is 3.15. The molecule has 1 aromatic carbocycles. The average molecular weight is 241 g/mol. The number of alkyl halides is 1. The molecule has 0 fully saturated rings. The molecule has 5 N–H and O–H groups in total. The molecule has 0 spiro atoms. The highest BCUT2D eigenvalue weighted by Gasteiger charge is 2.19. The second-order valence-electron chi connectivity index (χ2n) is 3.58. The van der Waals surface area contributed by atoms with E-state index < -0.39 is 18.8 Å². The average Bonchev–Trinajstić information content (AvgIpc) is 2.39. The maximum absolute atomic E-state index is 12.5. The zero-order valence-electron chi connectivity index (χ0n) is 9.51. The topological polar surface area (TPSA) is 93.9 Å². The molecular weight excluding hydrogens is 225 g/mol. The molecule has 0 aliphatic carbocycles. The summed E-state index contributed by atoms with van der Waals surface area (Å²) in [6.45, 7) is -0.666. The van der Waals surface area contributed by atoms with Crippen LogP contribution in [0.25, 0.3) is 0 Å². The van der Waals surface area contributed by atoms with Crippen LogP contribution in [-0.2, 0) is 4.74 Å². The van der Waals surface area contributed by atoms with Crippen molar-refractivity contribution in [2.75, 3.05) is 13.8 Å². The summed E-state index contributed by atoms with van der Waals surface area (Å²) in [4.78, 5) is 0. The van der Waals surface area contributed by atoms with Crippen molar-refractivity contribution in [3.8, 4) is 0 Å². The van der Waals surface area contributed by atoms with Crippen LogP contribution >= 0.6 is 0 Å². The third-order valence-electron chi connectivity index (χ3n) is 2.46. The van der Waals surface area contributed by atoms with Gasteiger partial charge >= 0.3 is 0 Å². The first-order chi connectivity index (χ1) is 8.13. The van der Waals surface area contributed by atoms with E-state index in [-0.39, 0.29) is 5.84 Å². The van der Waals surface area contributed by atoms with Crippen molar-refractivity contribution in [2.45, 2.75) is 12.1 Å². The summed E-state index contributed by atoms with van der Waals surface area (Å²) in [5, 5.41) is 11.4. The van der Waals surface area contributed by atoms with Gasteiger partial charge in [0.1, 0.15) is 6.67 Å². The largest absolute Gasteiger partial charge is 0.409 e. The van der Waals surface area contributed by atoms with E-state index in [4.69, 9.17) is 21.4 Å². The molecule has 0 bridgehead atoms. The number of ether oxygens (including phenoxy) is 1. The van der Waals surface area contributed by atoms with Crippen molar-refractivity contribution in [1.82, 2.24) is 0 Å². The van der Waals surface area contributed by atoms with Gasteiger partial charge in [0.2, 0.25) is 0 Å². The third-order valence-corrected chi connectivity index (χ3v) is 2.46. The molecule has 0 heterocycles. The summed E-state index contributed by atoms with van der Waals surface area (Å²) in [5.74, 6) is 0.0142. The van der Waals surface area contributed by atoms with Gasteiger partial charge in [0.15, 0.2) is 5.84 Å². The van der Waals surface area contributed by atoms with E-state index in [1.165, 1.54) is 7.11 Å². The summed E-state index contributed by atoms with van der Waals surface area (Å²) in [6.07, 6.45) is -0.513.